The predicted octanol–water partition coefficient (Wildman–Crippen LogP) is 3.08. The van der Waals surface area contributed by atoms with Crippen LogP contribution >= 0.6 is 0 Å². The molecule has 140 valence electrons. The van der Waals surface area contributed by atoms with Gasteiger partial charge >= 0.3 is 0 Å². The number of hydrogen-bond donors (Lipinski definition) is 2. The van der Waals surface area contributed by atoms with Gasteiger partial charge in [-0.25, -0.2) is 4.39 Å². The van der Waals surface area contributed by atoms with Crippen LogP contribution in [0.4, 0.5) is 21.5 Å². The molecule has 1 saturated heterocycles. The average Bonchev–Trinajstić information content (AvgIpc) is 3.00. The Balaban J connectivity index is 1.70. The van der Waals surface area contributed by atoms with Crippen LogP contribution in [0, 0.1) is 18.7 Å². The molecule has 2 N–H and O–H groups in total. The summed E-state index contributed by atoms with van der Waals surface area (Å²) in [6, 6.07) is 11.4. The van der Waals surface area contributed by atoms with E-state index in [9.17, 15) is 18.8 Å². The highest BCUT2D eigenvalue weighted by molar-refractivity contribution is 6.04. The van der Waals surface area contributed by atoms with Crippen LogP contribution in [0.1, 0.15) is 18.9 Å². The molecule has 3 rings (SSSR count). The lowest BCUT2D eigenvalue weighted by molar-refractivity contribution is -0.122. The van der Waals surface area contributed by atoms with Crippen molar-refractivity contribution in [3.05, 3.63) is 53.8 Å². The van der Waals surface area contributed by atoms with Gasteiger partial charge in [0.1, 0.15) is 5.82 Å². The van der Waals surface area contributed by atoms with Crippen LogP contribution in [-0.2, 0) is 14.4 Å². The molecule has 1 atom stereocenters. The molecule has 1 fully saturated rings. The topological polar surface area (TPSA) is 78.5 Å². The smallest absolute Gasteiger partial charge is 0.229 e. The summed E-state index contributed by atoms with van der Waals surface area (Å²) in [5.41, 5.74) is 2.05. The number of aryl methyl sites for hydroxylation is 1. The Labute approximate surface area is 156 Å². The second-order valence-corrected chi connectivity index (χ2v) is 6.59. The molecular weight excluding hydrogens is 349 g/mol. The van der Waals surface area contributed by atoms with E-state index in [0.29, 0.717) is 22.6 Å². The number of nitrogens with one attached hydrogen (secondary N) is 2. The second-order valence-electron chi connectivity index (χ2n) is 6.59. The zero-order valence-electron chi connectivity index (χ0n) is 15.1. The Bertz CT molecular complexity index is 913. The molecule has 2 aromatic carbocycles. The molecule has 27 heavy (non-hydrogen) atoms. The Morgan fingerprint density at radius 3 is 2.56 bits per heavy atom. The summed E-state index contributed by atoms with van der Waals surface area (Å²) in [5.74, 6) is -1.64. The number of amides is 3. The molecule has 6 nitrogen and oxygen atoms in total. The lowest BCUT2D eigenvalue weighted by Crippen LogP contribution is -2.28. The molecule has 0 bridgehead atoms. The van der Waals surface area contributed by atoms with Gasteiger partial charge in [-0.05, 0) is 42.8 Å². The van der Waals surface area contributed by atoms with Crippen LogP contribution in [0.3, 0.4) is 0 Å². The molecule has 0 aliphatic carbocycles. The van der Waals surface area contributed by atoms with Crippen molar-refractivity contribution in [1.29, 1.82) is 0 Å². The Kier molecular flexibility index (Phi) is 5.21. The monoisotopic (exact) mass is 369 g/mol. The number of carbonyl (C=O) groups excluding carboxylic acids is 3. The molecule has 1 unspecified atom stereocenters. The molecule has 0 saturated carbocycles. The summed E-state index contributed by atoms with van der Waals surface area (Å²) in [7, 11) is 0. The predicted molar refractivity (Wildman–Crippen MR) is 101 cm³/mol. The molecule has 1 aliphatic rings. The van der Waals surface area contributed by atoms with Gasteiger partial charge in [-0.3, -0.25) is 14.4 Å². The van der Waals surface area contributed by atoms with E-state index in [1.165, 1.54) is 17.9 Å². The van der Waals surface area contributed by atoms with E-state index in [1.807, 2.05) is 0 Å². The van der Waals surface area contributed by atoms with Crippen molar-refractivity contribution in [1.82, 2.24) is 0 Å². The van der Waals surface area contributed by atoms with Crippen LogP contribution < -0.4 is 15.5 Å². The first kappa shape index (κ1) is 18.6. The van der Waals surface area contributed by atoms with Crippen molar-refractivity contribution in [2.45, 2.75) is 20.3 Å². The van der Waals surface area contributed by atoms with Gasteiger partial charge in [0.05, 0.1) is 5.92 Å². The Morgan fingerprint density at radius 1 is 1.11 bits per heavy atom. The summed E-state index contributed by atoms with van der Waals surface area (Å²) in [6.45, 7) is 3.27. The normalized spacial score (nSPS) is 16.3. The molecular formula is C20H20FN3O3. The van der Waals surface area contributed by atoms with E-state index in [-0.39, 0.29) is 30.7 Å². The first-order valence-corrected chi connectivity index (χ1v) is 8.58. The van der Waals surface area contributed by atoms with E-state index >= 15 is 0 Å². The summed E-state index contributed by atoms with van der Waals surface area (Å²) < 4.78 is 13.6. The van der Waals surface area contributed by atoms with E-state index in [0.717, 1.165) is 0 Å². The minimum absolute atomic E-state index is 0.0739. The zero-order valence-corrected chi connectivity index (χ0v) is 15.1. The summed E-state index contributed by atoms with van der Waals surface area (Å²) >= 11 is 0. The summed E-state index contributed by atoms with van der Waals surface area (Å²) in [5, 5.41) is 5.34. The number of carbonyl (C=O) groups is 3. The maximum Gasteiger partial charge on any atom is 0.229 e. The maximum absolute atomic E-state index is 13.6. The van der Waals surface area contributed by atoms with Crippen molar-refractivity contribution < 1.29 is 18.8 Å². The minimum atomic E-state index is -0.536. The van der Waals surface area contributed by atoms with E-state index in [4.69, 9.17) is 0 Å². The highest BCUT2D eigenvalue weighted by Crippen LogP contribution is 2.28. The third kappa shape index (κ3) is 4.31. The second kappa shape index (κ2) is 7.57. The van der Waals surface area contributed by atoms with Crippen LogP contribution in [0.5, 0.6) is 0 Å². The van der Waals surface area contributed by atoms with Gasteiger partial charge in [0.15, 0.2) is 0 Å². The molecule has 7 heteroatoms. The average molecular weight is 369 g/mol. The highest BCUT2D eigenvalue weighted by Gasteiger charge is 2.35. The molecule has 0 aromatic heterocycles. The van der Waals surface area contributed by atoms with Gasteiger partial charge in [0, 0.05) is 37.0 Å². The van der Waals surface area contributed by atoms with Crippen LogP contribution in [0.15, 0.2) is 42.5 Å². The number of benzene rings is 2. The van der Waals surface area contributed by atoms with Crippen molar-refractivity contribution in [2.24, 2.45) is 5.92 Å². The molecule has 1 aliphatic heterocycles. The summed E-state index contributed by atoms with van der Waals surface area (Å²) in [6.07, 6.45) is 0.0739. The summed E-state index contributed by atoms with van der Waals surface area (Å²) in [4.78, 5) is 37.6. The largest absolute Gasteiger partial charge is 0.326 e. The molecule has 1 heterocycles. The van der Waals surface area contributed by atoms with Crippen molar-refractivity contribution >= 4 is 34.8 Å². The third-order valence-corrected chi connectivity index (χ3v) is 4.41. The SMILES string of the molecule is CC(=O)Nc1cccc(N2CC(C(=O)Nc3ccc(C)c(F)c3)CC2=O)c1. The van der Waals surface area contributed by atoms with Gasteiger partial charge in [0.25, 0.3) is 0 Å². The first-order valence-electron chi connectivity index (χ1n) is 8.58. The Hall–Kier alpha value is -3.22. The lowest BCUT2D eigenvalue weighted by atomic mass is 10.1. The standard InChI is InChI=1S/C20H20FN3O3/c1-12-6-7-16(10-18(12)21)23-20(27)14-8-19(26)24(11-14)17-5-3-4-15(9-17)22-13(2)25/h3-7,9-10,14H,8,11H2,1-2H3,(H,22,25)(H,23,27). The maximum atomic E-state index is 13.6. The third-order valence-electron chi connectivity index (χ3n) is 4.41. The van der Waals surface area contributed by atoms with Crippen LogP contribution in [0.2, 0.25) is 0 Å². The van der Waals surface area contributed by atoms with E-state index in [2.05, 4.69) is 10.6 Å². The van der Waals surface area contributed by atoms with Gasteiger partial charge < -0.3 is 15.5 Å². The zero-order chi connectivity index (χ0) is 19.6. The fraction of sp³-hybridized carbons (Fsp3) is 0.250. The first-order chi connectivity index (χ1) is 12.8. The minimum Gasteiger partial charge on any atom is -0.326 e. The molecule has 0 spiro atoms. The van der Waals surface area contributed by atoms with Gasteiger partial charge in [-0.15, -0.1) is 0 Å². The van der Waals surface area contributed by atoms with Gasteiger partial charge in [0.2, 0.25) is 17.7 Å². The fourth-order valence-electron chi connectivity index (χ4n) is 3.00. The van der Waals surface area contributed by atoms with Crippen molar-refractivity contribution in [3.63, 3.8) is 0 Å². The number of anilines is 3. The van der Waals surface area contributed by atoms with E-state index < -0.39 is 11.7 Å². The Morgan fingerprint density at radius 2 is 1.85 bits per heavy atom. The fourth-order valence-corrected chi connectivity index (χ4v) is 3.00. The van der Waals surface area contributed by atoms with Crippen LogP contribution in [-0.4, -0.2) is 24.3 Å². The number of hydrogen-bond acceptors (Lipinski definition) is 3. The number of rotatable bonds is 4. The quantitative estimate of drug-likeness (QED) is 0.869. The molecule has 0 radical (unpaired) electrons. The van der Waals surface area contributed by atoms with Crippen molar-refractivity contribution in [2.75, 3.05) is 22.1 Å². The highest BCUT2D eigenvalue weighted by atomic mass is 19.1. The van der Waals surface area contributed by atoms with Gasteiger partial charge in [-0.2, -0.15) is 0 Å². The lowest BCUT2D eigenvalue weighted by Gasteiger charge is -2.18. The molecule has 2 aromatic rings. The number of nitrogens with zero attached hydrogens (tertiary/aromatic N) is 1. The number of halogens is 1. The van der Waals surface area contributed by atoms with Crippen molar-refractivity contribution in [3.8, 4) is 0 Å². The van der Waals surface area contributed by atoms with Crippen LogP contribution in [0.25, 0.3) is 0 Å². The molecule has 3 amide bonds. The van der Waals surface area contributed by atoms with E-state index in [1.54, 1.807) is 43.3 Å². The van der Waals surface area contributed by atoms with Gasteiger partial charge in [-0.1, -0.05) is 12.1 Å².